The molecule has 1 fully saturated rings. The minimum absolute atomic E-state index is 0.120. The van der Waals surface area contributed by atoms with Gasteiger partial charge in [-0.1, -0.05) is 18.2 Å². The predicted molar refractivity (Wildman–Crippen MR) is 75.4 cm³/mol. The Balaban J connectivity index is 2.21. The predicted octanol–water partition coefficient (Wildman–Crippen LogP) is 2.39. The minimum atomic E-state index is -0.297. The number of ether oxygens (including phenoxy) is 1. The first-order valence-electron chi connectivity index (χ1n) is 7.09. The van der Waals surface area contributed by atoms with Crippen LogP contribution in [0.1, 0.15) is 24.9 Å². The summed E-state index contributed by atoms with van der Waals surface area (Å²) < 4.78 is 18.6. The summed E-state index contributed by atoms with van der Waals surface area (Å²) in [5, 5.41) is 3.34. The van der Waals surface area contributed by atoms with Crippen LogP contribution in [-0.2, 0) is 0 Å². The third-order valence-electron chi connectivity index (χ3n) is 3.55. The molecule has 0 aromatic heterocycles. The Bertz CT molecular complexity index is 380. The fraction of sp³-hybridized carbons (Fsp3) is 0.600. The lowest BCUT2D eigenvalue weighted by molar-refractivity contribution is 0.154. The van der Waals surface area contributed by atoms with E-state index >= 15 is 0 Å². The number of nitrogens with one attached hydrogen (secondary N) is 1. The minimum Gasteiger partial charge on any atom is -0.494 e. The highest BCUT2D eigenvalue weighted by molar-refractivity contribution is 5.36. The fourth-order valence-corrected chi connectivity index (χ4v) is 2.67. The summed E-state index contributed by atoms with van der Waals surface area (Å²) in [5.74, 6) is 0.891. The molecule has 1 aromatic carbocycles. The van der Waals surface area contributed by atoms with Gasteiger partial charge in [-0.15, -0.1) is 0 Å². The van der Waals surface area contributed by atoms with Crippen LogP contribution in [0.4, 0.5) is 4.39 Å². The second-order valence-corrected chi connectivity index (χ2v) is 4.75. The largest absolute Gasteiger partial charge is 0.494 e. The van der Waals surface area contributed by atoms with Gasteiger partial charge in [-0.3, -0.25) is 9.29 Å². The SMILES string of the molecule is CCOc1ccccc1[C@@H](CCF)N1CCNCC1. The number of piperazine rings is 1. The van der Waals surface area contributed by atoms with Gasteiger partial charge in [-0.25, -0.2) is 0 Å². The van der Waals surface area contributed by atoms with Crippen molar-refractivity contribution in [3.8, 4) is 5.75 Å². The maximum atomic E-state index is 12.9. The molecule has 4 heteroatoms. The molecule has 1 N–H and O–H groups in total. The third-order valence-corrected chi connectivity index (χ3v) is 3.55. The molecule has 1 atom stereocenters. The molecule has 0 radical (unpaired) electrons. The Labute approximate surface area is 114 Å². The maximum Gasteiger partial charge on any atom is 0.124 e. The number of para-hydroxylation sites is 1. The van der Waals surface area contributed by atoms with Gasteiger partial charge in [0, 0.05) is 37.8 Å². The molecule has 0 saturated carbocycles. The standard InChI is InChI=1S/C15H23FN2O/c1-2-19-15-6-4-3-5-13(15)14(7-8-16)18-11-9-17-10-12-18/h3-6,14,17H,2,7-12H2,1H3/t14-/m1/s1. The summed E-state index contributed by atoms with van der Waals surface area (Å²) in [6.45, 7) is 6.19. The van der Waals surface area contributed by atoms with Gasteiger partial charge in [0.2, 0.25) is 0 Å². The number of benzene rings is 1. The van der Waals surface area contributed by atoms with Gasteiger partial charge >= 0.3 is 0 Å². The van der Waals surface area contributed by atoms with Gasteiger partial charge in [0.25, 0.3) is 0 Å². The van der Waals surface area contributed by atoms with E-state index in [1.54, 1.807) is 0 Å². The Morgan fingerprint density at radius 1 is 1.32 bits per heavy atom. The van der Waals surface area contributed by atoms with Crippen molar-refractivity contribution in [3.05, 3.63) is 29.8 Å². The zero-order valence-corrected chi connectivity index (χ0v) is 11.6. The van der Waals surface area contributed by atoms with Gasteiger partial charge in [0.05, 0.1) is 13.3 Å². The molecule has 106 valence electrons. The number of nitrogens with zero attached hydrogens (tertiary/aromatic N) is 1. The highest BCUT2D eigenvalue weighted by Gasteiger charge is 2.24. The quantitative estimate of drug-likeness (QED) is 0.855. The molecule has 1 aromatic rings. The molecule has 19 heavy (non-hydrogen) atoms. The number of rotatable bonds is 6. The maximum absolute atomic E-state index is 12.9. The van der Waals surface area contributed by atoms with Gasteiger partial charge in [-0.2, -0.15) is 0 Å². The van der Waals surface area contributed by atoms with Gasteiger partial charge < -0.3 is 10.1 Å². The Hall–Kier alpha value is -1.13. The average Bonchev–Trinajstić information content (AvgIpc) is 2.47. The zero-order chi connectivity index (χ0) is 13.5. The van der Waals surface area contributed by atoms with E-state index in [4.69, 9.17) is 4.74 Å². The summed E-state index contributed by atoms with van der Waals surface area (Å²) in [5.41, 5.74) is 1.11. The topological polar surface area (TPSA) is 24.5 Å². The highest BCUT2D eigenvalue weighted by Crippen LogP contribution is 2.32. The van der Waals surface area contributed by atoms with E-state index in [-0.39, 0.29) is 12.7 Å². The van der Waals surface area contributed by atoms with Crippen LogP contribution in [0.2, 0.25) is 0 Å². The molecule has 2 rings (SSSR count). The normalized spacial score (nSPS) is 18.2. The van der Waals surface area contributed by atoms with Crippen molar-refractivity contribution in [1.82, 2.24) is 10.2 Å². The first-order valence-corrected chi connectivity index (χ1v) is 7.09. The molecule has 0 aliphatic carbocycles. The van der Waals surface area contributed by atoms with Crippen LogP contribution in [0.25, 0.3) is 0 Å². The molecule has 1 saturated heterocycles. The van der Waals surface area contributed by atoms with Crippen LogP contribution in [0.3, 0.4) is 0 Å². The van der Waals surface area contributed by atoms with Crippen molar-refractivity contribution in [2.75, 3.05) is 39.5 Å². The van der Waals surface area contributed by atoms with Gasteiger partial charge in [0.1, 0.15) is 5.75 Å². The van der Waals surface area contributed by atoms with Gasteiger partial charge in [-0.05, 0) is 19.4 Å². The van der Waals surface area contributed by atoms with Crippen molar-refractivity contribution < 1.29 is 9.13 Å². The van der Waals surface area contributed by atoms with Crippen LogP contribution in [0.15, 0.2) is 24.3 Å². The number of alkyl halides is 1. The lowest BCUT2D eigenvalue weighted by Crippen LogP contribution is -2.45. The smallest absolute Gasteiger partial charge is 0.124 e. The molecule has 0 spiro atoms. The van der Waals surface area contributed by atoms with E-state index in [9.17, 15) is 4.39 Å². The third kappa shape index (κ3) is 3.67. The van der Waals surface area contributed by atoms with E-state index in [2.05, 4.69) is 16.3 Å². The molecule has 1 aliphatic heterocycles. The van der Waals surface area contributed by atoms with Crippen molar-refractivity contribution in [2.24, 2.45) is 0 Å². The fourth-order valence-electron chi connectivity index (χ4n) is 2.67. The Morgan fingerprint density at radius 2 is 2.05 bits per heavy atom. The van der Waals surface area contributed by atoms with Crippen LogP contribution >= 0.6 is 0 Å². The summed E-state index contributed by atoms with van der Waals surface area (Å²) in [4.78, 5) is 2.36. The van der Waals surface area contributed by atoms with Crippen molar-refractivity contribution in [2.45, 2.75) is 19.4 Å². The van der Waals surface area contributed by atoms with Crippen LogP contribution in [0, 0.1) is 0 Å². The van der Waals surface area contributed by atoms with Crippen molar-refractivity contribution >= 4 is 0 Å². The van der Waals surface area contributed by atoms with Crippen LogP contribution < -0.4 is 10.1 Å². The summed E-state index contributed by atoms with van der Waals surface area (Å²) in [6.07, 6.45) is 0.532. The summed E-state index contributed by atoms with van der Waals surface area (Å²) in [7, 11) is 0. The highest BCUT2D eigenvalue weighted by atomic mass is 19.1. The number of hydrogen-bond acceptors (Lipinski definition) is 3. The van der Waals surface area contributed by atoms with E-state index in [0.29, 0.717) is 13.0 Å². The summed E-state index contributed by atoms with van der Waals surface area (Å²) in [6, 6.07) is 8.14. The zero-order valence-electron chi connectivity index (χ0n) is 11.6. The monoisotopic (exact) mass is 266 g/mol. The van der Waals surface area contributed by atoms with Crippen LogP contribution in [-0.4, -0.2) is 44.4 Å². The molecule has 0 bridgehead atoms. The molecular weight excluding hydrogens is 243 g/mol. The summed E-state index contributed by atoms with van der Waals surface area (Å²) >= 11 is 0. The lowest BCUT2D eigenvalue weighted by atomic mass is 10.0. The van der Waals surface area contributed by atoms with Gasteiger partial charge in [0.15, 0.2) is 0 Å². The molecule has 0 unspecified atom stereocenters. The van der Waals surface area contributed by atoms with Crippen molar-refractivity contribution in [3.63, 3.8) is 0 Å². The second-order valence-electron chi connectivity index (χ2n) is 4.75. The molecule has 1 aliphatic rings. The van der Waals surface area contributed by atoms with E-state index in [0.717, 1.165) is 37.5 Å². The Kier molecular flexibility index (Phi) is 5.61. The van der Waals surface area contributed by atoms with Crippen molar-refractivity contribution in [1.29, 1.82) is 0 Å². The lowest BCUT2D eigenvalue weighted by Gasteiger charge is -2.35. The average molecular weight is 266 g/mol. The van der Waals surface area contributed by atoms with E-state index < -0.39 is 0 Å². The first kappa shape index (κ1) is 14.3. The first-order chi connectivity index (χ1) is 9.36. The molecular formula is C15H23FN2O. The molecule has 0 amide bonds. The number of hydrogen-bond donors (Lipinski definition) is 1. The second kappa shape index (κ2) is 7.46. The molecule has 1 heterocycles. The molecule has 3 nitrogen and oxygen atoms in total. The van der Waals surface area contributed by atoms with E-state index in [1.165, 1.54) is 0 Å². The van der Waals surface area contributed by atoms with E-state index in [1.807, 2.05) is 25.1 Å². The van der Waals surface area contributed by atoms with Crippen LogP contribution in [0.5, 0.6) is 5.75 Å². The number of halogens is 1. The Morgan fingerprint density at radius 3 is 2.74 bits per heavy atom.